The summed E-state index contributed by atoms with van der Waals surface area (Å²) >= 11 is 0. The van der Waals surface area contributed by atoms with Crippen LogP contribution in [0.3, 0.4) is 0 Å². The molecule has 1 aromatic carbocycles. The molecule has 282 valence electrons. The van der Waals surface area contributed by atoms with E-state index in [4.69, 9.17) is 9.47 Å². The van der Waals surface area contributed by atoms with Gasteiger partial charge in [0.1, 0.15) is 12.1 Å². The lowest BCUT2D eigenvalue weighted by Crippen LogP contribution is -2.58. The summed E-state index contributed by atoms with van der Waals surface area (Å²) in [6.45, 7) is 10.1. The van der Waals surface area contributed by atoms with Crippen LogP contribution in [-0.2, 0) is 39.9 Å². The fourth-order valence-corrected chi connectivity index (χ4v) is 6.90. The van der Waals surface area contributed by atoms with Crippen molar-refractivity contribution >= 4 is 29.6 Å². The molecule has 8 atom stereocenters. The van der Waals surface area contributed by atoms with Crippen LogP contribution in [0.4, 0.5) is 0 Å². The summed E-state index contributed by atoms with van der Waals surface area (Å²) in [4.78, 5) is 71.2. The Morgan fingerprint density at radius 2 is 1.62 bits per heavy atom. The molecule has 3 N–H and O–H groups in total. The number of methoxy groups -OCH3 is 2. The number of likely N-dealkylation sites (N-methyl/N-ethyl adjacent to an activating group) is 2. The summed E-state index contributed by atoms with van der Waals surface area (Å²) in [6, 6.07) is 6.34. The highest BCUT2D eigenvalue weighted by molar-refractivity contribution is 5.89. The van der Waals surface area contributed by atoms with Crippen molar-refractivity contribution in [2.24, 2.45) is 17.8 Å². The molecule has 5 unspecified atom stereocenters. The number of amides is 4. The van der Waals surface area contributed by atoms with Gasteiger partial charge in [-0.2, -0.15) is 0 Å². The third-order valence-corrected chi connectivity index (χ3v) is 9.86. The van der Waals surface area contributed by atoms with Gasteiger partial charge in [0.2, 0.25) is 23.6 Å². The molecular weight excluding hydrogens is 642 g/mol. The zero-order valence-corrected chi connectivity index (χ0v) is 31.7. The van der Waals surface area contributed by atoms with E-state index in [1.807, 2.05) is 58.0 Å². The van der Waals surface area contributed by atoms with Crippen LogP contribution in [0, 0.1) is 17.8 Å². The van der Waals surface area contributed by atoms with Gasteiger partial charge in [-0.1, -0.05) is 71.4 Å². The molecular formula is C37H61N5O8. The minimum atomic E-state index is -1.14. The van der Waals surface area contributed by atoms with Gasteiger partial charge in [-0.15, -0.1) is 0 Å². The smallest absolute Gasteiger partial charge is 0.326 e. The lowest BCUT2D eigenvalue weighted by molar-refractivity contribution is -0.148. The summed E-state index contributed by atoms with van der Waals surface area (Å²) in [5, 5.41) is 15.4. The molecule has 0 spiro atoms. The van der Waals surface area contributed by atoms with Gasteiger partial charge in [0.05, 0.1) is 43.2 Å². The lowest BCUT2D eigenvalue weighted by Gasteiger charge is -2.40. The number of hydrogen-bond donors (Lipinski definition) is 3. The lowest BCUT2D eigenvalue weighted by atomic mass is 9.89. The molecule has 1 aromatic rings. The van der Waals surface area contributed by atoms with Gasteiger partial charge in [0, 0.05) is 34.2 Å². The number of carboxylic acid groups (broad SMARTS) is 1. The van der Waals surface area contributed by atoms with Gasteiger partial charge >= 0.3 is 5.97 Å². The standard InChI is InChI=1S/C37H61N5O8/c1-11-24(4)33(41(8)36(46)32(23(2)3)39-30(43)22-40(6)7)29(49-9)21-31(44)42-19-15-18-28(42)34(50-10)25(5)35(45)38-27(37(47)48)20-26-16-13-12-14-17-26/h12-14,16-17,23-25,27-29,32-34H,11,15,18-22H2,1-10H3,(H,38,45)(H,39,43)(H,47,48)/t24?,25?,27-,28-,29?,32-,33?,34?/m0/s1. The summed E-state index contributed by atoms with van der Waals surface area (Å²) in [5.41, 5.74) is 0.785. The molecule has 1 saturated heterocycles. The van der Waals surface area contributed by atoms with E-state index < -0.39 is 54.2 Å². The zero-order chi connectivity index (χ0) is 37.7. The third-order valence-electron chi connectivity index (χ3n) is 9.86. The Bertz CT molecular complexity index is 1260. The third kappa shape index (κ3) is 11.8. The monoisotopic (exact) mass is 703 g/mol. The molecule has 0 radical (unpaired) electrons. The molecule has 0 aliphatic carbocycles. The first-order valence-corrected chi connectivity index (χ1v) is 17.7. The van der Waals surface area contributed by atoms with Crippen LogP contribution in [-0.4, -0.2) is 134 Å². The fraction of sp³-hybridized carbons (Fsp3) is 0.703. The number of hydrogen-bond acceptors (Lipinski definition) is 8. The van der Waals surface area contributed by atoms with Gasteiger partial charge in [-0.3, -0.25) is 19.2 Å². The first kappa shape index (κ1) is 42.6. The number of likely N-dealkylation sites (tertiary alicyclic amines) is 1. The molecule has 0 bridgehead atoms. The molecule has 2 rings (SSSR count). The fourth-order valence-electron chi connectivity index (χ4n) is 6.90. The van der Waals surface area contributed by atoms with Crippen molar-refractivity contribution in [3.05, 3.63) is 35.9 Å². The molecule has 0 aromatic heterocycles. The van der Waals surface area contributed by atoms with Crippen molar-refractivity contribution < 1.29 is 38.6 Å². The summed E-state index contributed by atoms with van der Waals surface area (Å²) < 4.78 is 11.8. The van der Waals surface area contributed by atoms with Gasteiger partial charge in [-0.25, -0.2) is 4.79 Å². The number of aliphatic carboxylic acids is 1. The van der Waals surface area contributed by atoms with Crippen LogP contribution in [0.25, 0.3) is 0 Å². The van der Waals surface area contributed by atoms with Gasteiger partial charge in [-0.05, 0) is 44.3 Å². The Morgan fingerprint density at radius 1 is 0.980 bits per heavy atom. The van der Waals surface area contributed by atoms with E-state index in [2.05, 4.69) is 10.6 Å². The van der Waals surface area contributed by atoms with Crippen LogP contribution >= 0.6 is 0 Å². The number of benzene rings is 1. The quantitative estimate of drug-likeness (QED) is 0.186. The molecule has 50 heavy (non-hydrogen) atoms. The highest BCUT2D eigenvalue weighted by Crippen LogP contribution is 2.29. The topological polar surface area (TPSA) is 158 Å². The molecule has 13 nitrogen and oxygen atoms in total. The number of carbonyl (C=O) groups excluding carboxylic acids is 4. The summed E-state index contributed by atoms with van der Waals surface area (Å²) in [5.74, 6) is -3.25. The number of ether oxygens (including phenoxy) is 2. The van der Waals surface area contributed by atoms with Crippen molar-refractivity contribution in [1.82, 2.24) is 25.3 Å². The van der Waals surface area contributed by atoms with E-state index in [0.29, 0.717) is 19.4 Å². The molecule has 1 aliphatic rings. The van der Waals surface area contributed by atoms with E-state index in [1.165, 1.54) is 14.2 Å². The zero-order valence-electron chi connectivity index (χ0n) is 31.7. The molecule has 0 saturated carbocycles. The number of carbonyl (C=O) groups is 5. The average molecular weight is 704 g/mol. The van der Waals surface area contributed by atoms with Crippen molar-refractivity contribution in [2.45, 2.75) is 103 Å². The molecule has 4 amide bonds. The maximum atomic E-state index is 14.1. The maximum Gasteiger partial charge on any atom is 0.326 e. The van der Waals surface area contributed by atoms with Crippen LogP contribution < -0.4 is 10.6 Å². The molecule has 13 heteroatoms. The van der Waals surface area contributed by atoms with Crippen LogP contribution in [0.5, 0.6) is 0 Å². The second-order valence-electron chi connectivity index (χ2n) is 14.2. The predicted octanol–water partition coefficient (Wildman–Crippen LogP) is 2.42. The Hall–Kier alpha value is -3.55. The first-order chi connectivity index (χ1) is 23.6. The SMILES string of the molecule is CCC(C)C(C(CC(=O)N1CCC[C@H]1C(OC)C(C)C(=O)N[C@@H](Cc1ccccc1)C(=O)O)OC)N(C)C(=O)[C@@H](NC(=O)CN(C)C)C(C)C. The minimum Gasteiger partial charge on any atom is -0.480 e. The van der Waals surface area contributed by atoms with Gasteiger partial charge in [0.25, 0.3) is 0 Å². The first-order valence-electron chi connectivity index (χ1n) is 17.7. The van der Waals surface area contributed by atoms with Crippen LogP contribution in [0.15, 0.2) is 30.3 Å². The number of rotatable bonds is 20. The van der Waals surface area contributed by atoms with Gasteiger partial charge < -0.3 is 39.9 Å². The van der Waals surface area contributed by atoms with Crippen LogP contribution in [0.2, 0.25) is 0 Å². The molecule has 1 fully saturated rings. The van der Waals surface area contributed by atoms with Crippen molar-refractivity contribution in [1.29, 1.82) is 0 Å². The van der Waals surface area contributed by atoms with Crippen LogP contribution in [0.1, 0.15) is 65.9 Å². The highest BCUT2D eigenvalue weighted by Gasteiger charge is 2.43. The Balaban J connectivity index is 2.24. The highest BCUT2D eigenvalue weighted by atomic mass is 16.5. The number of nitrogens with zero attached hydrogens (tertiary/aromatic N) is 3. The van der Waals surface area contributed by atoms with Gasteiger partial charge in [0.15, 0.2) is 0 Å². The molecule has 1 heterocycles. The Kier molecular flexibility index (Phi) is 17.3. The van der Waals surface area contributed by atoms with E-state index in [1.54, 1.807) is 42.8 Å². The normalized spacial score (nSPS) is 18.9. The average Bonchev–Trinajstić information content (AvgIpc) is 3.55. The predicted molar refractivity (Wildman–Crippen MR) is 191 cm³/mol. The number of carboxylic acids is 1. The Labute approximate surface area is 298 Å². The van der Waals surface area contributed by atoms with Crippen molar-refractivity contribution in [3.8, 4) is 0 Å². The number of nitrogens with one attached hydrogen (secondary N) is 2. The largest absolute Gasteiger partial charge is 0.480 e. The summed E-state index contributed by atoms with van der Waals surface area (Å²) in [6.07, 6.45) is 0.852. The van der Waals surface area contributed by atoms with Crippen molar-refractivity contribution in [3.63, 3.8) is 0 Å². The maximum absolute atomic E-state index is 14.1. The van der Waals surface area contributed by atoms with E-state index >= 15 is 0 Å². The Morgan fingerprint density at radius 3 is 2.14 bits per heavy atom. The molecule has 1 aliphatic heterocycles. The van der Waals surface area contributed by atoms with E-state index in [-0.39, 0.29) is 48.9 Å². The minimum absolute atomic E-state index is 0.00582. The second-order valence-corrected chi connectivity index (χ2v) is 14.2. The summed E-state index contributed by atoms with van der Waals surface area (Å²) in [7, 11) is 8.30. The van der Waals surface area contributed by atoms with E-state index in [9.17, 15) is 29.1 Å². The van der Waals surface area contributed by atoms with E-state index in [0.717, 1.165) is 12.0 Å². The van der Waals surface area contributed by atoms with Crippen molar-refractivity contribution in [2.75, 3.05) is 48.5 Å². The second kappa shape index (κ2) is 20.3.